The molecule has 4 rings (SSSR count). The predicted molar refractivity (Wildman–Crippen MR) is 95.7 cm³/mol. The molecule has 0 atom stereocenters. The lowest BCUT2D eigenvalue weighted by molar-refractivity contribution is 0.0965. The molecular formula is C19H18N4O2. The molecule has 0 saturated heterocycles. The van der Waals surface area contributed by atoms with E-state index in [9.17, 15) is 4.79 Å². The second-order valence-corrected chi connectivity index (χ2v) is 5.90. The highest BCUT2D eigenvalue weighted by molar-refractivity contribution is 6.10. The number of H-pyrrole nitrogens is 1. The minimum absolute atomic E-state index is 0.195. The van der Waals surface area contributed by atoms with Crippen molar-refractivity contribution in [2.45, 2.75) is 13.0 Å². The van der Waals surface area contributed by atoms with Crippen molar-refractivity contribution < 1.29 is 9.53 Å². The topological polar surface area (TPSA) is 84.2 Å². The smallest absolute Gasteiger partial charge is 0.283 e. The number of amides is 1. The molecule has 3 N–H and O–H groups in total. The Balaban J connectivity index is 1.79. The van der Waals surface area contributed by atoms with Gasteiger partial charge in [0.2, 0.25) is 0 Å². The highest BCUT2D eigenvalue weighted by Crippen LogP contribution is 2.29. The molecule has 1 aliphatic heterocycles. The Hall–Kier alpha value is -3.12. The summed E-state index contributed by atoms with van der Waals surface area (Å²) in [5.74, 6) is -0.195. The number of para-hydroxylation sites is 1. The fourth-order valence-corrected chi connectivity index (χ4v) is 2.98. The number of nitrogens with two attached hydrogens (primary N) is 1. The zero-order valence-corrected chi connectivity index (χ0v) is 13.6. The Morgan fingerprint density at radius 1 is 1.08 bits per heavy atom. The first kappa shape index (κ1) is 15.4. The van der Waals surface area contributed by atoms with Gasteiger partial charge in [0.05, 0.1) is 13.2 Å². The molecule has 126 valence electrons. The van der Waals surface area contributed by atoms with E-state index in [2.05, 4.69) is 10.2 Å². The molecule has 2 heterocycles. The number of aromatic nitrogens is 2. The summed E-state index contributed by atoms with van der Waals surface area (Å²) in [7, 11) is 0. The van der Waals surface area contributed by atoms with Gasteiger partial charge in [-0.3, -0.25) is 14.8 Å². The van der Waals surface area contributed by atoms with Crippen LogP contribution < -0.4 is 10.6 Å². The highest BCUT2D eigenvalue weighted by Gasteiger charge is 2.27. The van der Waals surface area contributed by atoms with Gasteiger partial charge in [0.25, 0.3) is 5.91 Å². The number of carbonyl (C=O) groups excluding carboxylic acids is 1. The van der Waals surface area contributed by atoms with E-state index in [1.54, 1.807) is 17.0 Å². The van der Waals surface area contributed by atoms with Gasteiger partial charge in [0.1, 0.15) is 0 Å². The number of benzene rings is 2. The van der Waals surface area contributed by atoms with E-state index < -0.39 is 0 Å². The summed E-state index contributed by atoms with van der Waals surface area (Å²) in [6.45, 7) is 1.04. The minimum Gasteiger partial charge on any atom is -0.399 e. The standard InChI is InChI=1S/C19H18N4O2/c20-13-6-8-15(9-7-13)23(14-4-2-1-3-5-14)19(24)18-16-12-25-11-10-17(16)21-22-18/h1-9H,10-12,20H2,(H,21,22). The van der Waals surface area contributed by atoms with Gasteiger partial charge in [0, 0.05) is 34.7 Å². The number of nitrogens with one attached hydrogen (secondary N) is 1. The normalized spacial score (nSPS) is 13.3. The van der Waals surface area contributed by atoms with Crippen molar-refractivity contribution in [3.8, 4) is 0 Å². The average Bonchev–Trinajstić information content (AvgIpc) is 3.08. The molecule has 0 unspecified atom stereocenters. The number of nitrogens with zero attached hydrogens (tertiary/aromatic N) is 2. The molecule has 6 nitrogen and oxygen atoms in total. The first-order valence-corrected chi connectivity index (χ1v) is 8.13. The maximum Gasteiger partial charge on any atom is 0.283 e. The lowest BCUT2D eigenvalue weighted by Crippen LogP contribution is -2.27. The lowest BCUT2D eigenvalue weighted by Gasteiger charge is -2.23. The fourth-order valence-electron chi connectivity index (χ4n) is 2.98. The Labute approximate surface area is 145 Å². The predicted octanol–water partition coefficient (Wildman–Crippen LogP) is 3.04. The minimum atomic E-state index is -0.195. The molecule has 0 saturated carbocycles. The first-order valence-electron chi connectivity index (χ1n) is 8.13. The van der Waals surface area contributed by atoms with E-state index in [-0.39, 0.29) is 5.91 Å². The first-order chi connectivity index (χ1) is 12.2. The SMILES string of the molecule is Nc1ccc(N(C(=O)c2n[nH]c3c2COCC3)c2ccccc2)cc1. The molecule has 1 aromatic heterocycles. The van der Waals surface area contributed by atoms with Crippen LogP contribution in [0.25, 0.3) is 0 Å². The molecule has 0 bridgehead atoms. The van der Waals surface area contributed by atoms with Crippen molar-refractivity contribution in [3.63, 3.8) is 0 Å². The second-order valence-electron chi connectivity index (χ2n) is 5.90. The average molecular weight is 334 g/mol. The molecule has 6 heteroatoms. The molecule has 1 aliphatic rings. The van der Waals surface area contributed by atoms with Crippen molar-refractivity contribution in [2.24, 2.45) is 0 Å². The molecule has 0 radical (unpaired) electrons. The van der Waals surface area contributed by atoms with E-state index in [1.165, 1.54) is 0 Å². The van der Waals surface area contributed by atoms with Crippen LogP contribution >= 0.6 is 0 Å². The summed E-state index contributed by atoms with van der Waals surface area (Å²) >= 11 is 0. The third-order valence-corrected chi connectivity index (χ3v) is 4.27. The monoisotopic (exact) mass is 334 g/mol. The molecule has 0 spiro atoms. The van der Waals surface area contributed by atoms with Crippen LogP contribution in [0.3, 0.4) is 0 Å². The summed E-state index contributed by atoms with van der Waals surface area (Å²) < 4.78 is 5.50. The highest BCUT2D eigenvalue weighted by atomic mass is 16.5. The molecule has 25 heavy (non-hydrogen) atoms. The van der Waals surface area contributed by atoms with Gasteiger partial charge in [-0.25, -0.2) is 0 Å². The lowest BCUT2D eigenvalue weighted by atomic mass is 10.1. The second kappa shape index (κ2) is 6.41. The Bertz CT molecular complexity index is 888. The molecule has 1 amide bonds. The zero-order valence-electron chi connectivity index (χ0n) is 13.6. The van der Waals surface area contributed by atoms with Crippen molar-refractivity contribution in [3.05, 3.63) is 71.5 Å². The van der Waals surface area contributed by atoms with Crippen LogP contribution in [0.2, 0.25) is 0 Å². The number of hydrogen-bond acceptors (Lipinski definition) is 4. The van der Waals surface area contributed by atoms with Gasteiger partial charge in [-0.15, -0.1) is 0 Å². The summed E-state index contributed by atoms with van der Waals surface area (Å²) in [6, 6.07) is 16.7. The van der Waals surface area contributed by atoms with Gasteiger partial charge >= 0.3 is 0 Å². The molecule has 3 aromatic rings. The Morgan fingerprint density at radius 2 is 1.80 bits per heavy atom. The van der Waals surface area contributed by atoms with Crippen LogP contribution in [0, 0.1) is 0 Å². The number of nitrogen functional groups attached to an aromatic ring is 1. The van der Waals surface area contributed by atoms with E-state index >= 15 is 0 Å². The van der Waals surface area contributed by atoms with E-state index in [1.807, 2.05) is 42.5 Å². The number of aromatic amines is 1. The van der Waals surface area contributed by atoms with Gasteiger partial charge in [0.15, 0.2) is 5.69 Å². The number of ether oxygens (including phenoxy) is 1. The molecule has 2 aromatic carbocycles. The zero-order chi connectivity index (χ0) is 17.2. The van der Waals surface area contributed by atoms with E-state index in [0.717, 1.165) is 29.1 Å². The largest absolute Gasteiger partial charge is 0.399 e. The third kappa shape index (κ3) is 2.88. The van der Waals surface area contributed by atoms with Crippen molar-refractivity contribution >= 4 is 23.0 Å². The number of carbonyl (C=O) groups is 1. The quantitative estimate of drug-likeness (QED) is 0.721. The Kier molecular flexibility index (Phi) is 3.95. The van der Waals surface area contributed by atoms with E-state index in [4.69, 9.17) is 10.5 Å². The van der Waals surface area contributed by atoms with Crippen LogP contribution in [-0.2, 0) is 17.8 Å². The maximum absolute atomic E-state index is 13.3. The van der Waals surface area contributed by atoms with Gasteiger partial charge in [-0.1, -0.05) is 18.2 Å². The van der Waals surface area contributed by atoms with Crippen molar-refractivity contribution in [1.29, 1.82) is 0 Å². The number of fused-ring (bicyclic) bond motifs is 1. The van der Waals surface area contributed by atoms with Gasteiger partial charge in [-0.2, -0.15) is 5.10 Å². The summed E-state index contributed by atoms with van der Waals surface area (Å²) in [4.78, 5) is 15.0. The summed E-state index contributed by atoms with van der Waals surface area (Å²) in [6.07, 6.45) is 0.739. The van der Waals surface area contributed by atoms with Crippen LogP contribution in [-0.4, -0.2) is 22.7 Å². The van der Waals surface area contributed by atoms with Crippen LogP contribution in [0.4, 0.5) is 17.1 Å². The number of rotatable bonds is 3. The van der Waals surface area contributed by atoms with Crippen LogP contribution in [0.15, 0.2) is 54.6 Å². The maximum atomic E-state index is 13.3. The molecule has 0 fully saturated rings. The number of anilines is 3. The molecule has 0 aliphatic carbocycles. The number of hydrogen-bond donors (Lipinski definition) is 2. The van der Waals surface area contributed by atoms with E-state index in [0.29, 0.717) is 24.6 Å². The summed E-state index contributed by atoms with van der Waals surface area (Å²) in [5.41, 5.74) is 10.2. The van der Waals surface area contributed by atoms with Crippen molar-refractivity contribution in [2.75, 3.05) is 17.2 Å². The van der Waals surface area contributed by atoms with Crippen molar-refractivity contribution in [1.82, 2.24) is 10.2 Å². The molecular weight excluding hydrogens is 316 g/mol. The van der Waals surface area contributed by atoms with Crippen LogP contribution in [0.1, 0.15) is 21.7 Å². The Morgan fingerprint density at radius 3 is 2.56 bits per heavy atom. The fraction of sp³-hybridized carbons (Fsp3) is 0.158. The van der Waals surface area contributed by atoms with Gasteiger partial charge in [-0.05, 0) is 36.4 Å². The summed E-state index contributed by atoms with van der Waals surface area (Å²) in [5, 5.41) is 7.24. The third-order valence-electron chi connectivity index (χ3n) is 4.27. The van der Waals surface area contributed by atoms with Gasteiger partial charge < -0.3 is 10.5 Å². The van der Waals surface area contributed by atoms with Crippen LogP contribution in [0.5, 0.6) is 0 Å².